The smallest absolute Gasteiger partial charge is 0.232 e. The Morgan fingerprint density at radius 2 is 2.11 bits per heavy atom. The summed E-state index contributed by atoms with van der Waals surface area (Å²) in [7, 11) is -3.31. The van der Waals surface area contributed by atoms with Gasteiger partial charge >= 0.3 is 0 Å². The standard InChI is InChI=1S/C14H20N2O2S/c1-3-4-10-19(17,18)16-14-11-12(2)7-8-13(14)6-5-9-15/h7-8,11,16H,3-4,9-10,15H2,1-2H3. The lowest BCUT2D eigenvalue weighted by atomic mass is 10.1. The third kappa shape index (κ3) is 5.33. The molecule has 4 nitrogen and oxygen atoms in total. The largest absolute Gasteiger partial charge is 0.320 e. The van der Waals surface area contributed by atoms with Crippen molar-refractivity contribution in [3.05, 3.63) is 29.3 Å². The van der Waals surface area contributed by atoms with Crippen molar-refractivity contribution >= 4 is 15.7 Å². The summed E-state index contributed by atoms with van der Waals surface area (Å²) in [6.45, 7) is 4.11. The van der Waals surface area contributed by atoms with E-state index in [0.29, 0.717) is 17.7 Å². The van der Waals surface area contributed by atoms with Crippen LogP contribution < -0.4 is 10.5 Å². The number of rotatable bonds is 5. The van der Waals surface area contributed by atoms with Gasteiger partial charge in [0, 0.05) is 5.56 Å². The summed E-state index contributed by atoms with van der Waals surface area (Å²) in [6, 6.07) is 5.48. The van der Waals surface area contributed by atoms with Crippen LogP contribution in [0.2, 0.25) is 0 Å². The first-order chi connectivity index (χ1) is 8.98. The van der Waals surface area contributed by atoms with Gasteiger partial charge in [0.2, 0.25) is 10.0 Å². The molecule has 0 atom stereocenters. The maximum absolute atomic E-state index is 11.9. The molecule has 0 saturated heterocycles. The molecular formula is C14H20N2O2S. The van der Waals surface area contributed by atoms with E-state index in [1.807, 2.05) is 19.9 Å². The first kappa shape index (κ1) is 15.5. The Balaban J connectivity index is 3.02. The van der Waals surface area contributed by atoms with Gasteiger partial charge in [0.1, 0.15) is 0 Å². The second kappa shape index (κ2) is 7.17. The average Bonchev–Trinajstić information content (AvgIpc) is 2.35. The Morgan fingerprint density at radius 1 is 1.37 bits per heavy atom. The van der Waals surface area contributed by atoms with E-state index in [1.54, 1.807) is 12.1 Å². The zero-order valence-electron chi connectivity index (χ0n) is 11.4. The third-order valence-electron chi connectivity index (χ3n) is 2.53. The lowest BCUT2D eigenvalue weighted by Crippen LogP contribution is -2.17. The maximum Gasteiger partial charge on any atom is 0.232 e. The summed E-state index contributed by atoms with van der Waals surface area (Å²) in [4.78, 5) is 0. The number of aryl methyl sites for hydroxylation is 1. The minimum atomic E-state index is -3.31. The second-order valence-corrected chi connectivity index (χ2v) is 6.17. The Labute approximate surface area is 115 Å². The van der Waals surface area contributed by atoms with Crippen LogP contribution in [-0.4, -0.2) is 20.7 Å². The van der Waals surface area contributed by atoms with Gasteiger partial charge in [-0.1, -0.05) is 31.3 Å². The Kier molecular flexibility index (Phi) is 5.87. The van der Waals surface area contributed by atoms with E-state index >= 15 is 0 Å². The molecule has 5 heteroatoms. The fraction of sp³-hybridized carbons (Fsp3) is 0.429. The number of benzene rings is 1. The number of sulfonamides is 1. The number of nitrogens with two attached hydrogens (primary N) is 1. The van der Waals surface area contributed by atoms with Crippen LogP contribution in [0.15, 0.2) is 18.2 Å². The Bertz CT molecular complexity index is 583. The summed E-state index contributed by atoms with van der Waals surface area (Å²) < 4.78 is 26.4. The predicted molar refractivity (Wildman–Crippen MR) is 79.4 cm³/mol. The second-order valence-electron chi connectivity index (χ2n) is 4.33. The van der Waals surface area contributed by atoms with Crippen molar-refractivity contribution in [2.75, 3.05) is 17.0 Å². The SMILES string of the molecule is CCCCS(=O)(=O)Nc1cc(C)ccc1C#CCN. The van der Waals surface area contributed by atoms with Crippen molar-refractivity contribution in [2.24, 2.45) is 5.73 Å². The Morgan fingerprint density at radius 3 is 2.74 bits per heavy atom. The molecule has 1 aromatic rings. The summed E-state index contributed by atoms with van der Waals surface area (Å²) in [5.41, 5.74) is 7.49. The van der Waals surface area contributed by atoms with Gasteiger partial charge in [-0.2, -0.15) is 0 Å². The molecule has 0 fully saturated rings. The van der Waals surface area contributed by atoms with Crippen LogP contribution >= 0.6 is 0 Å². The van der Waals surface area contributed by atoms with Gasteiger partial charge in [0.25, 0.3) is 0 Å². The van der Waals surface area contributed by atoms with E-state index in [9.17, 15) is 8.42 Å². The molecule has 0 aliphatic rings. The van der Waals surface area contributed by atoms with Gasteiger partial charge in [-0.15, -0.1) is 0 Å². The first-order valence-electron chi connectivity index (χ1n) is 6.28. The van der Waals surface area contributed by atoms with Crippen molar-refractivity contribution in [1.29, 1.82) is 0 Å². The molecule has 0 aliphatic heterocycles. The van der Waals surface area contributed by atoms with Crippen LogP contribution in [0.25, 0.3) is 0 Å². The molecule has 0 aliphatic carbocycles. The van der Waals surface area contributed by atoms with E-state index in [0.717, 1.165) is 12.0 Å². The van der Waals surface area contributed by atoms with Gasteiger partial charge in [-0.05, 0) is 31.0 Å². The normalized spacial score (nSPS) is 10.7. The number of nitrogens with one attached hydrogen (secondary N) is 1. The Hall–Kier alpha value is -1.51. The van der Waals surface area contributed by atoms with Crippen molar-refractivity contribution in [1.82, 2.24) is 0 Å². The van der Waals surface area contributed by atoms with E-state index in [4.69, 9.17) is 5.73 Å². The highest BCUT2D eigenvalue weighted by Gasteiger charge is 2.11. The van der Waals surface area contributed by atoms with Gasteiger partial charge in [0.05, 0.1) is 18.0 Å². The van der Waals surface area contributed by atoms with E-state index in [-0.39, 0.29) is 12.3 Å². The van der Waals surface area contributed by atoms with Crippen LogP contribution in [0.4, 0.5) is 5.69 Å². The van der Waals surface area contributed by atoms with Crippen molar-refractivity contribution < 1.29 is 8.42 Å². The molecule has 0 heterocycles. The van der Waals surface area contributed by atoms with E-state index in [2.05, 4.69) is 16.6 Å². The molecule has 0 unspecified atom stereocenters. The van der Waals surface area contributed by atoms with Crippen molar-refractivity contribution in [2.45, 2.75) is 26.7 Å². The van der Waals surface area contributed by atoms with Gasteiger partial charge < -0.3 is 5.73 Å². The van der Waals surface area contributed by atoms with Crippen LogP contribution in [0.1, 0.15) is 30.9 Å². The van der Waals surface area contributed by atoms with Gasteiger partial charge in [-0.25, -0.2) is 8.42 Å². The molecule has 1 aromatic carbocycles. The molecule has 0 radical (unpaired) electrons. The number of hydrogen-bond acceptors (Lipinski definition) is 3. The first-order valence-corrected chi connectivity index (χ1v) is 7.94. The quantitative estimate of drug-likeness (QED) is 0.808. The third-order valence-corrected chi connectivity index (χ3v) is 3.89. The maximum atomic E-state index is 11.9. The van der Waals surface area contributed by atoms with Crippen LogP contribution in [0.3, 0.4) is 0 Å². The molecular weight excluding hydrogens is 260 g/mol. The van der Waals surface area contributed by atoms with Crippen LogP contribution in [0.5, 0.6) is 0 Å². The van der Waals surface area contributed by atoms with Gasteiger partial charge in [-0.3, -0.25) is 4.72 Å². The van der Waals surface area contributed by atoms with E-state index < -0.39 is 10.0 Å². The molecule has 104 valence electrons. The fourth-order valence-corrected chi connectivity index (χ4v) is 2.83. The van der Waals surface area contributed by atoms with Crippen molar-refractivity contribution in [3.8, 4) is 11.8 Å². The van der Waals surface area contributed by atoms with Crippen molar-refractivity contribution in [3.63, 3.8) is 0 Å². The number of anilines is 1. The van der Waals surface area contributed by atoms with Crippen LogP contribution in [-0.2, 0) is 10.0 Å². The van der Waals surface area contributed by atoms with Gasteiger partial charge in [0.15, 0.2) is 0 Å². The monoisotopic (exact) mass is 280 g/mol. The lowest BCUT2D eigenvalue weighted by molar-refractivity contribution is 0.598. The lowest BCUT2D eigenvalue weighted by Gasteiger charge is -2.10. The van der Waals surface area contributed by atoms with Crippen LogP contribution in [0, 0.1) is 18.8 Å². The minimum absolute atomic E-state index is 0.126. The molecule has 0 saturated carbocycles. The molecule has 0 bridgehead atoms. The topological polar surface area (TPSA) is 72.2 Å². The molecule has 19 heavy (non-hydrogen) atoms. The fourth-order valence-electron chi connectivity index (χ4n) is 1.55. The molecule has 0 aromatic heterocycles. The highest BCUT2D eigenvalue weighted by Crippen LogP contribution is 2.18. The zero-order valence-corrected chi connectivity index (χ0v) is 12.2. The number of hydrogen-bond donors (Lipinski definition) is 2. The minimum Gasteiger partial charge on any atom is -0.320 e. The average molecular weight is 280 g/mol. The zero-order chi connectivity index (χ0) is 14.3. The molecule has 0 spiro atoms. The predicted octanol–water partition coefficient (Wildman–Crippen LogP) is 1.85. The summed E-state index contributed by atoms with van der Waals surface area (Å²) in [5, 5.41) is 0. The highest BCUT2D eigenvalue weighted by atomic mass is 32.2. The summed E-state index contributed by atoms with van der Waals surface area (Å²) in [5.74, 6) is 5.74. The molecule has 0 amide bonds. The summed E-state index contributed by atoms with van der Waals surface area (Å²) in [6.07, 6.45) is 1.49. The highest BCUT2D eigenvalue weighted by molar-refractivity contribution is 7.92. The molecule has 3 N–H and O–H groups in total. The molecule has 1 rings (SSSR count). The summed E-state index contributed by atoms with van der Waals surface area (Å²) >= 11 is 0. The van der Waals surface area contributed by atoms with E-state index in [1.165, 1.54) is 0 Å². The number of unbranched alkanes of at least 4 members (excludes halogenated alkanes) is 1.